The maximum atomic E-state index is 15.1. The van der Waals surface area contributed by atoms with Gasteiger partial charge in [0.2, 0.25) is 0 Å². The van der Waals surface area contributed by atoms with Crippen molar-refractivity contribution in [3.63, 3.8) is 0 Å². The van der Waals surface area contributed by atoms with E-state index in [4.69, 9.17) is 0 Å². The molecule has 0 saturated carbocycles. The first kappa shape index (κ1) is 108. The molecule has 0 N–H and O–H groups in total. The molecule has 0 aromatic heterocycles. The van der Waals surface area contributed by atoms with Gasteiger partial charge in [-0.3, -0.25) is 0 Å². The van der Waals surface area contributed by atoms with Crippen LogP contribution in [0.1, 0.15) is 51.4 Å². The third-order valence-electron chi connectivity index (χ3n) is 15.6. The van der Waals surface area contributed by atoms with E-state index >= 15 is 35.1 Å². The Balaban J connectivity index is 9.52. The van der Waals surface area contributed by atoms with Crippen LogP contribution >= 0.6 is 0 Å². The van der Waals surface area contributed by atoms with Crippen LogP contribution < -0.4 is 0 Å². The number of halogens is 68. The molecule has 0 radical (unpaired) electrons. The number of rotatable bonds is 40. The molecule has 0 spiro atoms. The molecule has 0 aliphatic carbocycles. The van der Waals surface area contributed by atoms with Crippen LogP contribution in [-0.4, -0.2) is 221 Å². The topological polar surface area (TPSA) is 0 Å². The normalized spacial score (nSPS) is 17.1. The molecule has 0 aromatic rings. The van der Waals surface area contributed by atoms with Crippen molar-refractivity contribution in [1.29, 1.82) is 0 Å². The van der Waals surface area contributed by atoms with Crippen LogP contribution in [0.5, 0.6) is 0 Å². The summed E-state index contributed by atoms with van der Waals surface area (Å²) in [5.41, 5.74) is 0. The third kappa shape index (κ3) is 15.2. The second-order valence-electron chi connectivity index (χ2n) is 23.2. The summed E-state index contributed by atoms with van der Waals surface area (Å²) in [5, 5.41) is 0. The van der Waals surface area contributed by atoms with Crippen molar-refractivity contribution >= 4 is 0 Å². The molecule has 0 heterocycles. The highest BCUT2D eigenvalue weighted by Gasteiger charge is 3.00. The summed E-state index contributed by atoms with van der Waals surface area (Å²) < 4.78 is 947. The molecule has 0 aromatic carbocycles. The molecule has 69 heteroatoms. The minimum atomic E-state index is -9.82. The van der Waals surface area contributed by atoms with Crippen molar-refractivity contribution < 1.29 is 303 Å². The average Bonchev–Trinajstić information content (AvgIpc) is 0.709. The van der Waals surface area contributed by atoms with Gasteiger partial charge in [-0.1, -0.05) is 0 Å². The van der Waals surface area contributed by atoms with Gasteiger partial charge in [0.25, 0.3) is 0 Å². The van der Waals surface area contributed by atoms with Crippen molar-refractivity contribution in [2.24, 2.45) is 0 Å². The molecule has 0 aliphatic rings. The van der Waals surface area contributed by atoms with Crippen molar-refractivity contribution in [3.05, 3.63) is 0 Å². The zero-order valence-corrected chi connectivity index (χ0v) is 50.6. The van der Waals surface area contributed by atoms with Crippen LogP contribution in [-0.2, 0) is 0 Å². The summed E-state index contributed by atoms with van der Waals surface area (Å²) >= 11 is 0. The van der Waals surface area contributed by atoms with Gasteiger partial charge in [-0.15, -0.1) is 0 Å². The Hall–Kier alpha value is -4.80. The summed E-state index contributed by atoms with van der Waals surface area (Å²) in [6.45, 7) is -14.6. The SMILES string of the molecule is FC(F)(F)C(F)(F)C(F)(F)C(F)(F)C(F)(F)C(F)(F)C(F)(F)C(F)(F)CCC[N+](CCCC(F)(F)C(F)(F)C(F)(F)C(F)(F)C(F)(F)C(F)(F)C(F)(F)C(F)(F)F)(CCCC(F)(F)C(F)(F)C(F)(F)C(F)(F)C(F)(F)C(F)(F)C(F)(F)C(F)(F)F)CCCC(F)(F)C(F)(F)C(F)(F)C(F)(F)C(F)(F)C(F)(F)C(F)(F)C(F)(F)F. The average molecular weight is 1860 g/mol. The van der Waals surface area contributed by atoms with E-state index in [9.17, 15) is 263 Å². The molecule has 0 rings (SSSR count). The molecule has 0 aliphatic heterocycles. The van der Waals surface area contributed by atoms with Crippen LogP contribution in [0.25, 0.3) is 0 Å². The Morgan fingerprint density at radius 1 is 0.106 bits per heavy atom. The van der Waals surface area contributed by atoms with Gasteiger partial charge >= 0.3 is 191 Å². The van der Waals surface area contributed by atoms with E-state index in [2.05, 4.69) is 0 Å². The van der Waals surface area contributed by atoms with Gasteiger partial charge in [-0.25, -0.2) is 0 Å². The Bertz CT molecular complexity index is 2780. The highest BCUT2D eigenvalue weighted by molar-refractivity contribution is 5.20. The summed E-state index contributed by atoms with van der Waals surface area (Å²) in [4.78, 5) is 0. The molecule has 113 heavy (non-hydrogen) atoms. The largest absolute Gasteiger partial charge is 0.460 e. The van der Waals surface area contributed by atoms with Crippen LogP contribution in [0.15, 0.2) is 0 Å². The maximum Gasteiger partial charge on any atom is 0.460 e. The fraction of sp³-hybridized carbons (Fsp3) is 1.00. The smallest absolute Gasteiger partial charge is 0.324 e. The molecule has 0 saturated heterocycles. The highest BCUT2D eigenvalue weighted by Crippen LogP contribution is 2.71. The van der Waals surface area contributed by atoms with Crippen molar-refractivity contribution in [1.82, 2.24) is 0 Å². The number of hydrogen-bond donors (Lipinski definition) is 0. The molecule has 0 bridgehead atoms. The van der Waals surface area contributed by atoms with E-state index in [-0.39, 0.29) is 0 Å². The summed E-state index contributed by atoms with van der Waals surface area (Å²) in [5.74, 6) is -262. The lowest BCUT2D eigenvalue weighted by Crippen LogP contribution is -2.74. The lowest BCUT2D eigenvalue weighted by atomic mass is 9.87. The second kappa shape index (κ2) is 28.7. The zero-order chi connectivity index (χ0) is 93.0. The van der Waals surface area contributed by atoms with E-state index in [0.717, 1.165) is 0 Å². The molecule has 0 amide bonds. The molecule has 680 valence electrons. The van der Waals surface area contributed by atoms with Crippen LogP contribution in [0.3, 0.4) is 0 Å². The van der Waals surface area contributed by atoms with Crippen LogP contribution in [0.2, 0.25) is 0 Å². The van der Waals surface area contributed by atoms with Crippen LogP contribution in [0, 0.1) is 0 Å². The summed E-state index contributed by atoms with van der Waals surface area (Å²) in [6, 6.07) is 0. The lowest BCUT2D eigenvalue weighted by Gasteiger charge is -2.44. The minimum absolute atomic E-state index is 3.65. The molecule has 0 fully saturated rings. The molecule has 0 atom stereocenters. The Kier molecular flexibility index (Phi) is 27.5. The first-order chi connectivity index (χ1) is 47.8. The van der Waals surface area contributed by atoms with Gasteiger partial charge in [0.05, 0.1) is 26.2 Å². The monoisotopic (exact) mass is 1860 g/mol. The Labute approximate surface area is 572 Å². The van der Waals surface area contributed by atoms with Crippen molar-refractivity contribution in [2.45, 2.75) is 242 Å². The first-order valence-corrected chi connectivity index (χ1v) is 26.5. The van der Waals surface area contributed by atoms with Crippen LogP contribution in [0.4, 0.5) is 299 Å². The second-order valence-corrected chi connectivity index (χ2v) is 23.2. The van der Waals surface area contributed by atoms with Gasteiger partial charge in [-0.2, -0.15) is 299 Å². The summed E-state index contributed by atoms with van der Waals surface area (Å²) in [7, 11) is 0. The number of alkyl halides is 68. The van der Waals surface area contributed by atoms with E-state index in [1.165, 1.54) is 0 Å². The summed E-state index contributed by atoms with van der Waals surface area (Å²) in [6.07, 6.45) is -67.6. The van der Waals surface area contributed by atoms with Gasteiger partial charge in [-0.05, 0) is 0 Å². The van der Waals surface area contributed by atoms with Crippen molar-refractivity contribution in [2.75, 3.05) is 26.2 Å². The van der Waals surface area contributed by atoms with E-state index in [1.54, 1.807) is 0 Å². The quantitative estimate of drug-likeness (QED) is 0.0424. The van der Waals surface area contributed by atoms with E-state index in [0.29, 0.717) is 0 Å². The third-order valence-corrected chi connectivity index (χ3v) is 15.6. The van der Waals surface area contributed by atoms with Gasteiger partial charge in [0.1, 0.15) is 0 Å². The van der Waals surface area contributed by atoms with Gasteiger partial charge in [0, 0.05) is 51.4 Å². The number of nitrogens with zero attached hydrogens (tertiary/aromatic N) is 1. The van der Waals surface area contributed by atoms with Gasteiger partial charge in [0.15, 0.2) is 0 Å². The first-order valence-electron chi connectivity index (χ1n) is 26.5. The standard InChI is InChI=1S/C44H24F68N/c45-13(46,17(53,54)21(61,62)25(69,70)29(77,78)33(85,86)37(93,94)41(101,102)103)5-1-9-113(10-2-6-14(47,48)18(55,56)22(63,64)26(71,72)30(79,80)34(87,88)38(95,96)42(104,105)106,11-3-7-15(49,50)19(57,58)23(65,66)27(73,74)31(81,82)35(89,90)39(97,98)43(107,108)109)12-4-8-16(51,52)20(59,60)24(67,68)28(75,76)32(83,84)36(91,92)40(99,100)44(110,111)112/h1-12H2/q+1. The van der Waals surface area contributed by atoms with E-state index < -0.39 is 273 Å². The van der Waals surface area contributed by atoms with Gasteiger partial charge < -0.3 is 4.48 Å². The fourth-order valence-corrected chi connectivity index (χ4v) is 8.63. The Morgan fingerprint density at radius 3 is 0.274 bits per heavy atom. The highest BCUT2D eigenvalue weighted by atomic mass is 19.5. The molecular weight excluding hydrogens is 1830 g/mol. The molecular formula is C44H24F68N+. The Morgan fingerprint density at radius 2 is 0.186 bits per heavy atom. The fourth-order valence-electron chi connectivity index (χ4n) is 8.63. The van der Waals surface area contributed by atoms with E-state index in [1.807, 2.05) is 0 Å². The lowest BCUT2D eigenvalue weighted by molar-refractivity contribution is -0.929. The predicted molar refractivity (Wildman–Crippen MR) is 219 cm³/mol. The molecule has 1 nitrogen and oxygen atoms in total. The predicted octanol–water partition coefficient (Wildman–Crippen LogP) is 25.0. The number of quaternary nitrogens is 1. The zero-order valence-electron chi connectivity index (χ0n) is 50.6. The minimum Gasteiger partial charge on any atom is -0.324 e. The maximum absolute atomic E-state index is 15.1. The van der Waals surface area contributed by atoms with Crippen molar-refractivity contribution in [3.8, 4) is 0 Å². The molecule has 0 unspecified atom stereocenters. The number of hydrogen-bond acceptors (Lipinski definition) is 0.